The molecular formula is C16H33NO. The van der Waals surface area contributed by atoms with E-state index in [1.165, 1.54) is 19.3 Å². The standard InChI is InChI=1S/C16H33NO/c1-7-11-15-17(10-4)14(12-13(5)6)16(8-2,9-3)18-15/h13-15H,7-12H2,1-6H3/t14-,15+/m0/s1. The van der Waals surface area contributed by atoms with E-state index in [4.69, 9.17) is 4.74 Å². The summed E-state index contributed by atoms with van der Waals surface area (Å²) in [5, 5.41) is 0. The van der Waals surface area contributed by atoms with Crippen molar-refractivity contribution in [3.05, 3.63) is 0 Å². The third-order valence-electron chi connectivity index (χ3n) is 4.54. The maximum Gasteiger partial charge on any atom is 0.111 e. The van der Waals surface area contributed by atoms with Gasteiger partial charge in [0.05, 0.1) is 5.60 Å². The van der Waals surface area contributed by atoms with Crippen LogP contribution < -0.4 is 0 Å². The zero-order valence-corrected chi connectivity index (χ0v) is 13.3. The second-order valence-electron chi connectivity index (χ2n) is 6.11. The van der Waals surface area contributed by atoms with Crippen LogP contribution in [-0.4, -0.2) is 29.3 Å². The Bertz CT molecular complexity index is 235. The Balaban J connectivity index is 2.94. The highest BCUT2D eigenvalue weighted by Gasteiger charge is 2.49. The molecule has 0 aromatic heterocycles. The van der Waals surface area contributed by atoms with Gasteiger partial charge >= 0.3 is 0 Å². The molecule has 0 N–H and O–H groups in total. The zero-order valence-electron chi connectivity index (χ0n) is 13.3. The lowest BCUT2D eigenvalue weighted by molar-refractivity contribution is -0.0676. The van der Waals surface area contributed by atoms with Crippen LogP contribution in [0.25, 0.3) is 0 Å². The van der Waals surface area contributed by atoms with E-state index in [-0.39, 0.29) is 5.60 Å². The first-order valence-electron chi connectivity index (χ1n) is 7.98. The Morgan fingerprint density at radius 1 is 1.11 bits per heavy atom. The molecule has 1 aliphatic rings. The van der Waals surface area contributed by atoms with E-state index in [1.54, 1.807) is 0 Å². The normalized spacial score (nSPS) is 28.2. The maximum atomic E-state index is 6.53. The van der Waals surface area contributed by atoms with Crippen molar-refractivity contribution in [1.82, 2.24) is 4.90 Å². The number of ether oxygens (including phenoxy) is 1. The van der Waals surface area contributed by atoms with Gasteiger partial charge < -0.3 is 4.74 Å². The molecule has 2 atom stereocenters. The van der Waals surface area contributed by atoms with Crippen LogP contribution in [0, 0.1) is 5.92 Å². The summed E-state index contributed by atoms with van der Waals surface area (Å²) in [5.74, 6) is 0.741. The van der Waals surface area contributed by atoms with Crippen LogP contribution in [0.2, 0.25) is 0 Å². The lowest BCUT2D eigenvalue weighted by Crippen LogP contribution is -2.46. The minimum Gasteiger partial charge on any atom is -0.355 e. The van der Waals surface area contributed by atoms with E-state index >= 15 is 0 Å². The molecule has 0 bridgehead atoms. The summed E-state index contributed by atoms with van der Waals surface area (Å²) in [4.78, 5) is 2.62. The molecule has 1 rings (SSSR count). The summed E-state index contributed by atoms with van der Waals surface area (Å²) >= 11 is 0. The SMILES string of the molecule is CCC[C@H]1OC(CC)(CC)[C@H](CC(C)C)N1CC. The molecule has 0 amide bonds. The average Bonchev–Trinajstić information content (AvgIpc) is 2.63. The van der Waals surface area contributed by atoms with E-state index in [2.05, 4.69) is 46.4 Å². The van der Waals surface area contributed by atoms with Crippen LogP contribution in [0.3, 0.4) is 0 Å². The van der Waals surface area contributed by atoms with Gasteiger partial charge in [-0.15, -0.1) is 0 Å². The van der Waals surface area contributed by atoms with Gasteiger partial charge in [-0.05, 0) is 38.1 Å². The lowest BCUT2D eigenvalue weighted by Gasteiger charge is -2.35. The fraction of sp³-hybridized carbons (Fsp3) is 1.00. The molecule has 18 heavy (non-hydrogen) atoms. The Hall–Kier alpha value is -0.0800. The van der Waals surface area contributed by atoms with Gasteiger partial charge in [-0.3, -0.25) is 4.90 Å². The minimum absolute atomic E-state index is 0.0973. The first-order valence-corrected chi connectivity index (χ1v) is 7.98. The van der Waals surface area contributed by atoms with Crippen LogP contribution in [-0.2, 0) is 4.74 Å². The Labute approximate surface area is 114 Å². The molecule has 1 aliphatic heterocycles. The van der Waals surface area contributed by atoms with Crippen LogP contribution in [0.15, 0.2) is 0 Å². The van der Waals surface area contributed by atoms with Crippen molar-refractivity contribution in [1.29, 1.82) is 0 Å². The minimum atomic E-state index is 0.0973. The van der Waals surface area contributed by atoms with Crippen molar-refractivity contribution in [2.75, 3.05) is 6.54 Å². The number of hydrogen-bond acceptors (Lipinski definition) is 2. The first kappa shape index (κ1) is 16.0. The molecule has 2 nitrogen and oxygen atoms in total. The summed E-state index contributed by atoms with van der Waals surface area (Å²) in [7, 11) is 0. The second-order valence-corrected chi connectivity index (χ2v) is 6.11. The number of hydrogen-bond donors (Lipinski definition) is 0. The van der Waals surface area contributed by atoms with E-state index in [1.807, 2.05) is 0 Å². The third-order valence-corrected chi connectivity index (χ3v) is 4.54. The fourth-order valence-electron chi connectivity index (χ4n) is 3.50. The summed E-state index contributed by atoms with van der Waals surface area (Å²) in [5.41, 5.74) is 0.0973. The zero-order chi connectivity index (χ0) is 13.8. The molecule has 0 aromatic rings. The van der Waals surface area contributed by atoms with Crippen LogP contribution >= 0.6 is 0 Å². The molecule has 0 radical (unpaired) electrons. The van der Waals surface area contributed by atoms with Crippen molar-refractivity contribution in [2.45, 2.75) is 91.5 Å². The first-order chi connectivity index (χ1) is 8.54. The molecule has 0 aromatic carbocycles. The van der Waals surface area contributed by atoms with E-state index in [9.17, 15) is 0 Å². The topological polar surface area (TPSA) is 12.5 Å². The molecule has 0 spiro atoms. The maximum absolute atomic E-state index is 6.53. The monoisotopic (exact) mass is 255 g/mol. The van der Waals surface area contributed by atoms with E-state index in [0.29, 0.717) is 12.3 Å². The van der Waals surface area contributed by atoms with Gasteiger partial charge in [0, 0.05) is 6.04 Å². The van der Waals surface area contributed by atoms with Gasteiger partial charge in [-0.1, -0.05) is 48.0 Å². The molecule has 1 fully saturated rings. The van der Waals surface area contributed by atoms with E-state index < -0.39 is 0 Å². The predicted molar refractivity (Wildman–Crippen MR) is 78.7 cm³/mol. The van der Waals surface area contributed by atoms with Gasteiger partial charge in [0.2, 0.25) is 0 Å². The quantitative estimate of drug-likeness (QED) is 0.667. The van der Waals surface area contributed by atoms with Crippen molar-refractivity contribution >= 4 is 0 Å². The molecule has 0 aliphatic carbocycles. The molecule has 2 heteroatoms. The van der Waals surface area contributed by atoms with E-state index in [0.717, 1.165) is 25.3 Å². The molecule has 0 saturated carbocycles. The summed E-state index contributed by atoms with van der Waals surface area (Å²) in [6.07, 6.45) is 6.26. The smallest absolute Gasteiger partial charge is 0.111 e. The fourth-order valence-corrected chi connectivity index (χ4v) is 3.50. The molecule has 1 saturated heterocycles. The van der Waals surface area contributed by atoms with Gasteiger partial charge in [0.15, 0.2) is 0 Å². The number of rotatable bonds is 7. The predicted octanol–water partition coefficient (Wildman–Crippen LogP) is 4.44. The molecule has 1 heterocycles. The average molecular weight is 255 g/mol. The van der Waals surface area contributed by atoms with Crippen molar-refractivity contribution in [3.63, 3.8) is 0 Å². The third kappa shape index (κ3) is 3.08. The Morgan fingerprint density at radius 3 is 2.11 bits per heavy atom. The Morgan fingerprint density at radius 2 is 1.72 bits per heavy atom. The highest BCUT2D eigenvalue weighted by Crippen LogP contribution is 2.41. The van der Waals surface area contributed by atoms with Crippen LogP contribution in [0.1, 0.15) is 73.6 Å². The van der Waals surface area contributed by atoms with Crippen LogP contribution in [0.4, 0.5) is 0 Å². The highest BCUT2D eigenvalue weighted by atomic mass is 16.5. The van der Waals surface area contributed by atoms with Gasteiger partial charge in [-0.2, -0.15) is 0 Å². The largest absolute Gasteiger partial charge is 0.355 e. The molecule has 0 unspecified atom stereocenters. The summed E-state index contributed by atoms with van der Waals surface area (Å²) < 4.78 is 6.53. The number of likely N-dealkylation sites (N-methyl/N-ethyl adjacent to an activating group) is 1. The molecule has 108 valence electrons. The molecular weight excluding hydrogens is 222 g/mol. The van der Waals surface area contributed by atoms with Gasteiger partial charge in [0.25, 0.3) is 0 Å². The number of nitrogens with zero attached hydrogens (tertiary/aromatic N) is 1. The van der Waals surface area contributed by atoms with Crippen molar-refractivity contribution < 1.29 is 4.74 Å². The Kier molecular flexibility index (Phi) is 6.13. The second kappa shape index (κ2) is 6.91. The lowest BCUT2D eigenvalue weighted by atomic mass is 9.83. The summed E-state index contributed by atoms with van der Waals surface area (Å²) in [6, 6.07) is 0.606. The highest BCUT2D eigenvalue weighted by molar-refractivity contribution is 4.99. The van der Waals surface area contributed by atoms with Gasteiger partial charge in [0.1, 0.15) is 6.23 Å². The summed E-state index contributed by atoms with van der Waals surface area (Å²) in [6.45, 7) is 14.9. The van der Waals surface area contributed by atoms with Crippen LogP contribution in [0.5, 0.6) is 0 Å². The van der Waals surface area contributed by atoms with Crippen molar-refractivity contribution in [3.8, 4) is 0 Å². The van der Waals surface area contributed by atoms with Crippen molar-refractivity contribution in [2.24, 2.45) is 5.92 Å². The van der Waals surface area contributed by atoms with Gasteiger partial charge in [-0.25, -0.2) is 0 Å².